The summed E-state index contributed by atoms with van der Waals surface area (Å²) in [5.41, 5.74) is 0.929. The average molecular weight is 652 g/mol. The van der Waals surface area contributed by atoms with Gasteiger partial charge >= 0.3 is 5.97 Å². The average Bonchev–Trinajstić information content (AvgIpc) is 3.57. The van der Waals surface area contributed by atoms with E-state index in [2.05, 4.69) is 17.6 Å². The molecule has 3 rings (SSSR count). The van der Waals surface area contributed by atoms with Gasteiger partial charge in [-0.05, 0) is 56.5 Å². The van der Waals surface area contributed by atoms with Crippen LogP contribution in [-0.2, 0) is 25.8 Å². The molecule has 0 aliphatic heterocycles. The van der Waals surface area contributed by atoms with Crippen LogP contribution >= 0.6 is 0 Å². The van der Waals surface area contributed by atoms with Crippen LogP contribution in [-0.4, -0.2) is 60.3 Å². The Morgan fingerprint density at radius 3 is 2.40 bits per heavy atom. The number of nitrogens with one attached hydrogen (secondary N) is 2. The Morgan fingerprint density at radius 1 is 0.979 bits per heavy atom. The minimum absolute atomic E-state index is 0.0829. The molecule has 0 aliphatic carbocycles. The lowest BCUT2D eigenvalue weighted by Crippen LogP contribution is -2.48. The lowest BCUT2D eigenvalue weighted by atomic mass is 9.90. The first-order chi connectivity index (χ1) is 22.8. The van der Waals surface area contributed by atoms with Crippen molar-refractivity contribution in [3.8, 4) is 22.8 Å². The van der Waals surface area contributed by atoms with Crippen LogP contribution in [0.25, 0.3) is 11.3 Å². The zero-order chi connectivity index (χ0) is 34.2. The Balaban J connectivity index is 1.69. The number of amides is 3. The molecule has 0 bridgehead atoms. The van der Waals surface area contributed by atoms with Crippen molar-refractivity contribution in [3.05, 3.63) is 71.5 Å². The Labute approximate surface area is 275 Å². The van der Waals surface area contributed by atoms with Gasteiger partial charge in [-0.1, -0.05) is 63.4 Å². The summed E-state index contributed by atoms with van der Waals surface area (Å²) < 4.78 is 16.3. The van der Waals surface area contributed by atoms with Crippen molar-refractivity contribution >= 4 is 24.2 Å². The third kappa shape index (κ3) is 10.3. The quantitative estimate of drug-likeness (QED) is 0.0465. The minimum atomic E-state index is -0.731. The maximum absolute atomic E-state index is 13.4. The molecular weight excluding hydrogens is 606 g/mol. The van der Waals surface area contributed by atoms with E-state index in [1.54, 1.807) is 13.8 Å². The molecule has 1 unspecified atom stereocenters. The monoisotopic (exact) mass is 651 g/mol. The minimum Gasteiger partial charge on any atom is -0.506 e. The molecule has 2 aromatic carbocycles. The summed E-state index contributed by atoms with van der Waals surface area (Å²) >= 11 is 0. The maximum atomic E-state index is 13.4. The first kappa shape index (κ1) is 36.6. The van der Waals surface area contributed by atoms with Gasteiger partial charge in [0.15, 0.2) is 5.76 Å². The fraction of sp³-hybridized carbons (Fsp3) is 0.429. The van der Waals surface area contributed by atoms with Gasteiger partial charge in [0.2, 0.25) is 12.3 Å². The number of furan rings is 1. The van der Waals surface area contributed by atoms with Gasteiger partial charge in [-0.2, -0.15) is 0 Å². The summed E-state index contributed by atoms with van der Waals surface area (Å²) in [6.45, 7) is 7.80. The first-order valence-corrected chi connectivity index (χ1v) is 16.0. The fourth-order valence-corrected chi connectivity index (χ4v) is 5.13. The number of hydroxylamine groups is 2. The number of esters is 1. The van der Waals surface area contributed by atoms with E-state index in [9.17, 15) is 24.3 Å². The van der Waals surface area contributed by atoms with Crippen molar-refractivity contribution in [2.24, 2.45) is 5.92 Å². The van der Waals surface area contributed by atoms with Gasteiger partial charge in [0.25, 0.3) is 5.91 Å². The molecule has 3 N–H and O–H groups in total. The number of aromatic hydroxyl groups is 1. The molecule has 254 valence electrons. The van der Waals surface area contributed by atoms with Crippen LogP contribution in [0.4, 0.5) is 0 Å². The zero-order valence-corrected chi connectivity index (χ0v) is 27.5. The molecule has 0 spiro atoms. The van der Waals surface area contributed by atoms with Gasteiger partial charge in [-0.15, -0.1) is 0 Å². The molecule has 12 heteroatoms. The van der Waals surface area contributed by atoms with Crippen molar-refractivity contribution in [1.82, 2.24) is 15.7 Å². The summed E-state index contributed by atoms with van der Waals surface area (Å²) in [5.74, 6) is -2.27. The SMILES string of the molecule is CCCCCC(C(=O)NCNC(=O)c1ccc(-c2cc(OCC)cc(C(=O)OCC)c2O)o1)[C@@H](CC)N(C=O)OCc1ccccc1. The highest BCUT2D eigenvalue weighted by atomic mass is 16.7. The zero-order valence-electron chi connectivity index (χ0n) is 27.5. The molecule has 3 amide bonds. The van der Waals surface area contributed by atoms with Crippen molar-refractivity contribution in [3.63, 3.8) is 0 Å². The molecular formula is C35H45N3O9. The van der Waals surface area contributed by atoms with Crippen LogP contribution in [0.2, 0.25) is 0 Å². The van der Waals surface area contributed by atoms with Crippen LogP contribution in [0.5, 0.6) is 11.5 Å². The van der Waals surface area contributed by atoms with Crippen LogP contribution in [0, 0.1) is 5.92 Å². The maximum Gasteiger partial charge on any atom is 0.342 e. The number of hydrogen-bond acceptors (Lipinski definition) is 9. The van der Waals surface area contributed by atoms with Gasteiger partial charge in [-0.3, -0.25) is 19.2 Å². The number of carbonyl (C=O) groups is 4. The van der Waals surface area contributed by atoms with Gasteiger partial charge in [0.05, 0.1) is 37.4 Å². The van der Waals surface area contributed by atoms with E-state index in [0.29, 0.717) is 31.6 Å². The largest absolute Gasteiger partial charge is 0.506 e. The van der Waals surface area contributed by atoms with E-state index in [4.69, 9.17) is 18.7 Å². The lowest BCUT2D eigenvalue weighted by Gasteiger charge is -2.32. The number of phenolic OH excluding ortho intramolecular Hbond substituents is 1. The van der Waals surface area contributed by atoms with Crippen molar-refractivity contribution < 1.29 is 43.0 Å². The van der Waals surface area contributed by atoms with E-state index in [1.807, 2.05) is 37.3 Å². The van der Waals surface area contributed by atoms with Crippen LogP contribution < -0.4 is 15.4 Å². The van der Waals surface area contributed by atoms with Crippen LogP contribution in [0.3, 0.4) is 0 Å². The molecule has 0 fully saturated rings. The molecule has 0 saturated heterocycles. The third-order valence-electron chi connectivity index (χ3n) is 7.49. The van der Waals surface area contributed by atoms with Gasteiger partial charge in [0.1, 0.15) is 29.4 Å². The highest BCUT2D eigenvalue weighted by molar-refractivity contribution is 5.96. The van der Waals surface area contributed by atoms with Gasteiger partial charge in [0, 0.05) is 0 Å². The predicted molar refractivity (Wildman–Crippen MR) is 174 cm³/mol. The Bertz CT molecular complexity index is 1460. The molecule has 47 heavy (non-hydrogen) atoms. The van der Waals surface area contributed by atoms with Gasteiger partial charge < -0.3 is 29.6 Å². The van der Waals surface area contributed by atoms with E-state index in [0.717, 1.165) is 24.8 Å². The second-order valence-corrected chi connectivity index (χ2v) is 10.7. The van der Waals surface area contributed by atoms with E-state index in [1.165, 1.54) is 29.3 Å². The van der Waals surface area contributed by atoms with E-state index < -0.39 is 23.8 Å². The second-order valence-electron chi connectivity index (χ2n) is 10.7. The molecule has 0 radical (unpaired) electrons. The Kier molecular flexibility index (Phi) is 14.8. The summed E-state index contributed by atoms with van der Waals surface area (Å²) in [6, 6.07) is 14.7. The molecule has 2 atom stereocenters. The van der Waals surface area contributed by atoms with E-state index in [-0.39, 0.29) is 54.2 Å². The highest BCUT2D eigenvalue weighted by Gasteiger charge is 2.32. The fourth-order valence-electron chi connectivity index (χ4n) is 5.13. The van der Waals surface area contributed by atoms with Crippen molar-refractivity contribution in [2.75, 3.05) is 19.9 Å². The number of unbranched alkanes of at least 4 members (excludes halogenated alkanes) is 2. The Morgan fingerprint density at radius 2 is 1.74 bits per heavy atom. The molecule has 1 aromatic heterocycles. The van der Waals surface area contributed by atoms with Crippen molar-refractivity contribution in [2.45, 2.75) is 72.4 Å². The standard InChI is InChI=1S/C35H45N3O9/c1-5-9-11-16-26(29(6-2)38(23-39)46-21-24-14-12-10-13-15-24)33(41)36-22-37-34(42)31-18-17-30(47-31)27-19-25(44-7-3)20-28(32(27)40)35(43)45-8-4/h10,12-15,17-20,23,26,29,40H,5-9,11,16,21-22H2,1-4H3,(H,36,41)(H,37,42)/t26?,29-/m1/s1. The number of benzene rings is 2. The summed E-state index contributed by atoms with van der Waals surface area (Å²) in [6.07, 6.45) is 4.29. The van der Waals surface area contributed by atoms with E-state index >= 15 is 0 Å². The predicted octanol–water partition coefficient (Wildman–Crippen LogP) is 5.60. The smallest absolute Gasteiger partial charge is 0.342 e. The second kappa shape index (κ2) is 19.0. The molecule has 0 aliphatic rings. The number of carbonyl (C=O) groups excluding carboxylic acids is 4. The van der Waals surface area contributed by atoms with Crippen molar-refractivity contribution in [1.29, 1.82) is 0 Å². The number of rotatable bonds is 20. The molecule has 1 heterocycles. The topological polar surface area (TPSA) is 157 Å². The summed E-state index contributed by atoms with van der Waals surface area (Å²) in [5, 5.41) is 17.4. The summed E-state index contributed by atoms with van der Waals surface area (Å²) in [4.78, 5) is 56.7. The molecule has 12 nitrogen and oxygen atoms in total. The molecule has 3 aromatic rings. The van der Waals surface area contributed by atoms with Gasteiger partial charge in [-0.25, -0.2) is 9.86 Å². The lowest BCUT2D eigenvalue weighted by molar-refractivity contribution is -0.200. The van der Waals surface area contributed by atoms with Crippen LogP contribution in [0.1, 0.15) is 86.3 Å². The number of ether oxygens (including phenoxy) is 2. The first-order valence-electron chi connectivity index (χ1n) is 16.0. The highest BCUT2D eigenvalue weighted by Crippen LogP contribution is 2.37. The Hall–Kier alpha value is -4.84. The number of phenols is 1. The third-order valence-corrected chi connectivity index (χ3v) is 7.49. The number of hydrogen-bond donors (Lipinski definition) is 3. The number of nitrogens with zero attached hydrogens (tertiary/aromatic N) is 1. The summed E-state index contributed by atoms with van der Waals surface area (Å²) in [7, 11) is 0. The van der Waals surface area contributed by atoms with Crippen LogP contribution in [0.15, 0.2) is 59.0 Å². The normalized spacial score (nSPS) is 12.1. The molecule has 0 saturated carbocycles.